The summed E-state index contributed by atoms with van der Waals surface area (Å²) >= 11 is 7.50. The first-order chi connectivity index (χ1) is 10.1. The Hall–Kier alpha value is -1.10. The van der Waals surface area contributed by atoms with Crippen molar-refractivity contribution < 1.29 is 8.78 Å². The van der Waals surface area contributed by atoms with Crippen LogP contribution in [0.1, 0.15) is 5.56 Å². The summed E-state index contributed by atoms with van der Waals surface area (Å²) in [6.45, 7) is 0. The second-order valence-electron chi connectivity index (χ2n) is 4.69. The Balaban J connectivity index is 1.96. The number of hydrogen-bond donors (Lipinski definition) is 1. The van der Waals surface area contributed by atoms with Gasteiger partial charge in [0.15, 0.2) is 0 Å². The van der Waals surface area contributed by atoms with Crippen LogP contribution in [0.4, 0.5) is 8.78 Å². The summed E-state index contributed by atoms with van der Waals surface area (Å²) in [5, 5.41) is 3.84. The predicted molar refractivity (Wildman–Crippen MR) is 85.1 cm³/mol. The number of hydrogen-bond acceptors (Lipinski definition) is 2. The maximum Gasteiger partial charge on any atom is 0.126 e. The number of rotatable bonds is 6. The van der Waals surface area contributed by atoms with Gasteiger partial charge in [0.25, 0.3) is 0 Å². The maximum absolute atomic E-state index is 13.7. The fraction of sp³-hybridized carbons (Fsp3) is 0.250. The van der Waals surface area contributed by atoms with E-state index in [9.17, 15) is 8.78 Å². The molecule has 0 saturated heterocycles. The molecule has 0 fully saturated rings. The van der Waals surface area contributed by atoms with Crippen molar-refractivity contribution >= 4 is 23.4 Å². The summed E-state index contributed by atoms with van der Waals surface area (Å²) in [7, 11) is 1.82. The van der Waals surface area contributed by atoms with Gasteiger partial charge >= 0.3 is 0 Å². The Kier molecular flexibility index (Phi) is 6.03. The van der Waals surface area contributed by atoms with Crippen molar-refractivity contribution in [3.05, 3.63) is 64.7 Å². The quantitative estimate of drug-likeness (QED) is 0.782. The van der Waals surface area contributed by atoms with Crippen LogP contribution >= 0.6 is 23.4 Å². The lowest BCUT2D eigenvalue weighted by atomic mass is 10.1. The standard InChI is InChI=1S/C16H16ClF2NS/c1-20-14(9-11-8-13(18)4-7-16(11)19)10-21-15-5-2-12(17)3-6-15/h2-8,14,20H,9-10H2,1H3. The molecule has 0 aromatic heterocycles. The molecule has 0 aliphatic heterocycles. The van der Waals surface area contributed by atoms with Crippen LogP contribution in [0.15, 0.2) is 47.4 Å². The first kappa shape index (κ1) is 16.3. The minimum absolute atomic E-state index is 0.0574. The molecule has 1 nitrogen and oxygen atoms in total. The highest BCUT2D eigenvalue weighted by Crippen LogP contribution is 2.22. The third-order valence-electron chi connectivity index (χ3n) is 3.15. The summed E-state index contributed by atoms with van der Waals surface area (Å²) in [6.07, 6.45) is 0.445. The zero-order valence-corrected chi connectivity index (χ0v) is 13.1. The van der Waals surface area contributed by atoms with Gasteiger partial charge in [-0.1, -0.05) is 11.6 Å². The van der Waals surface area contributed by atoms with Gasteiger partial charge in [-0.2, -0.15) is 0 Å². The fourth-order valence-electron chi connectivity index (χ4n) is 1.94. The molecule has 2 rings (SSSR count). The molecule has 2 aromatic rings. The summed E-state index contributed by atoms with van der Waals surface area (Å²) < 4.78 is 26.8. The van der Waals surface area contributed by atoms with E-state index in [0.717, 1.165) is 16.7 Å². The maximum atomic E-state index is 13.7. The normalized spacial score (nSPS) is 12.4. The van der Waals surface area contributed by atoms with Crippen LogP contribution in [0.2, 0.25) is 5.02 Å². The molecule has 0 aliphatic rings. The third-order valence-corrected chi connectivity index (χ3v) is 4.57. The van der Waals surface area contributed by atoms with Gasteiger partial charge in [0.05, 0.1) is 0 Å². The van der Waals surface area contributed by atoms with Gasteiger partial charge in [-0.25, -0.2) is 8.78 Å². The second kappa shape index (κ2) is 7.78. The number of benzene rings is 2. The monoisotopic (exact) mass is 327 g/mol. The molecule has 5 heteroatoms. The van der Waals surface area contributed by atoms with Gasteiger partial charge in [-0.05, 0) is 61.5 Å². The molecule has 0 spiro atoms. The molecular weight excluding hydrogens is 312 g/mol. The molecule has 112 valence electrons. The average molecular weight is 328 g/mol. The Labute approximate surface area is 132 Å². The van der Waals surface area contributed by atoms with E-state index in [4.69, 9.17) is 11.6 Å². The van der Waals surface area contributed by atoms with Crippen molar-refractivity contribution in [3.8, 4) is 0 Å². The van der Waals surface area contributed by atoms with E-state index >= 15 is 0 Å². The zero-order valence-electron chi connectivity index (χ0n) is 11.6. The van der Waals surface area contributed by atoms with Gasteiger partial charge in [0.2, 0.25) is 0 Å². The van der Waals surface area contributed by atoms with E-state index in [-0.39, 0.29) is 11.9 Å². The number of nitrogens with one attached hydrogen (secondary N) is 1. The van der Waals surface area contributed by atoms with E-state index in [2.05, 4.69) is 5.32 Å². The molecule has 1 atom stereocenters. The van der Waals surface area contributed by atoms with Crippen molar-refractivity contribution in [1.29, 1.82) is 0 Å². The minimum Gasteiger partial charge on any atom is -0.316 e. The van der Waals surface area contributed by atoms with Crippen molar-refractivity contribution in [1.82, 2.24) is 5.32 Å². The molecule has 0 amide bonds. The summed E-state index contributed by atoms with van der Waals surface area (Å²) in [5.74, 6) is -0.0200. The van der Waals surface area contributed by atoms with E-state index in [1.807, 2.05) is 31.3 Å². The number of thioether (sulfide) groups is 1. The summed E-state index contributed by atoms with van der Waals surface area (Å²) in [4.78, 5) is 1.10. The molecule has 0 aliphatic carbocycles. The van der Waals surface area contributed by atoms with Crippen LogP contribution in [0.3, 0.4) is 0 Å². The largest absolute Gasteiger partial charge is 0.316 e. The van der Waals surface area contributed by atoms with Crippen LogP contribution in [-0.2, 0) is 6.42 Å². The molecule has 0 heterocycles. The first-order valence-corrected chi connectivity index (χ1v) is 7.94. The number of halogens is 3. The summed E-state index contributed by atoms with van der Waals surface area (Å²) in [5.41, 5.74) is 0.394. The molecule has 0 bridgehead atoms. The SMILES string of the molecule is CNC(CSc1ccc(Cl)cc1)Cc1cc(F)ccc1F. The Morgan fingerprint density at radius 3 is 2.52 bits per heavy atom. The van der Waals surface area contributed by atoms with Crippen molar-refractivity contribution in [2.75, 3.05) is 12.8 Å². The average Bonchev–Trinajstić information content (AvgIpc) is 2.48. The number of likely N-dealkylation sites (N-methyl/N-ethyl adjacent to an activating group) is 1. The predicted octanol–water partition coefficient (Wildman–Crippen LogP) is 4.54. The van der Waals surface area contributed by atoms with Gasteiger partial charge in [-0.3, -0.25) is 0 Å². The molecule has 2 aromatic carbocycles. The highest BCUT2D eigenvalue weighted by atomic mass is 35.5. The Morgan fingerprint density at radius 2 is 1.86 bits per heavy atom. The van der Waals surface area contributed by atoms with Crippen molar-refractivity contribution in [3.63, 3.8) is 0 Å². The first-order valence-electron chi connectivity index (χ1n) is 6.58. The summed E-state index contributed by atoms with van der Waals surface area (Å²) in [6, 6.07) is 11.2. The van der Waals surface area contributed by atoms with E-state index in [1.54, 1.807) is 11.8 Å². The Morgan fingerprint density at radius 1 is 1.14 bits per heavy atom. The lowest BCUT2D eigenvalue weighted by Gasteiger charge is -2.16. The van der Waals surface area contributed by atoms with Crippen LogP contribution in [0, 0.1) is 11.6 Å². The minimum atomic E-state index is -0.411. The van der Waals surface area contributed by atoms with Crippen molar-refractivity contribution in [2.24, 2.45) is 0 Å². The third kappa shape index (κ3) is 4.99. The molecule has 1 N–H and O–H groups in total. The molecule has 0 saturated carbocycles. The van der Waals surface area contributed by atoms with Crippen LogP contribution in [0.5, 0.6) is 0 Å². The molecule has 1 unspecified atom stereocenters. The van der Waals surface area contributed by atoms with Gasteiger partial charge in [0.1, 0.15) is 11.6 Å². The lowest BCUT2D eigenvalue weighted by molar-refractivity contribution is 0.555. The van der Waals surface area contributed by atoms with E-state index in [0.29, 0.717) is 17.0 Å². The fourth-order valence-corrected chi connectivity index (χ4v) is 3.07. The highest BCUT2D eigenvalue weighted by Gasteiger charge is 2.12. The van der Waals surface area contributed by atoms with Crippen LogP contribution in [0.25, 0.3) is 0 Å². The van der Waals surface area contributed by atoms with Gasteiger partial charge < -0.3 is 5.32 Å². The van der Waals surface area contributed by atoms with Gasteiger partial charge in [0, 0.05) is 21.7 Å². The molecule has 0 radical (unpaired) electrons. The second-order valence-corrected chi connectivity index (χ2v) is 6.22. The van der Waals surface area contributed by atoms with Gasteiger partial charge in [-0.15, -0.1) is 11.8 Å². The van der Waals surface area contributed by atoms with E-state index in [1.165, 1.54) is 12.1 Å². The van der Waals surface area contributed by atoms with E-state index < -0.39 is 5.82 Å². The highest BCUT2D eigenvalue weighted by molar-refractivity contribution is 7.99. The smallest absolute Gasteiger partial charge is 0.126 e. The molecule has 21 heavy (non-hydrogen) atoms. The van der Waals surface area contributed by atoms with Crippen LogP contribution < -0.4 is 5.32 Å². The molecular formula is C16H16ClF2NS. The Bertz CT molecular complexity index is 589. The van der Waals surface area contributed by atoms with Crippen molar-refractivity contribution in [2.45, 2.75) is 17.4 Å². The zero-order chi connectivity index (χ0) is 15.2. The topological polar surface area (TPSA) is 12.0 Å². The van der Waals surface area contributed by atoms with Crippen LogP contribution in [-0.4, -0.2) is 18.8 Å². The lowest BCUT2D eigenvalue weighted by Crippen LogP contribution is -2.30.